The van der Waals surface area contributed by atoms with Gasteiger partial charge in [0.2, 0.25) is 0 Å². The average Bonchev–Trinajstić information content (AvgIpc) is 2.74. The van der Waals surface area contributed by atoms with E-state index < -0.39 is 5.82 Å². The fourth-order valence-corrected chi connectivity index (χ4v) is 2.42. The summed E-state index contributed by atoms with van der Waals surface area (Å²) in [5.74, 6) is -0.575. The second-order valence-corrected chi connectivity index (χ2v) is 5.15. The minimum absolute atomic E-state index is 0.125. The van der Waals surface area contributed by atoms with Gasteiger partial charge in [0.1, 0.15) is 0 Å². The van der Waals surface area contributed by atoms with E-state index in [-0.39, 0.29) is 17.3 Å². The van der Waals surface area contributed by atoms with Crippen molar-refractivity contribution < 1.29 is 9.18 Å². The van der Waals surface area contributed by atoms with Crippen molar-refractivity contribution in [2.24, 2.45) is 0 Å². The normalized spacial score (nSPS) is 15.8. The van der Waals surface area contributed by atoms with E-state index in [9.17, 15) is 9.18 Å². The number of pyridine rings is 1. The molecule has 1 fully saturated rings. The molecule has 1 saturated heterocycles. The van der Waals surface area contributed by atoms with Gasteiger partial charge in [0.25, 0.3) is 5.91 Å². The van der Waals surface area contributed by atoms with Crippen LogP contribution < -0.4 is 5.32 Å². The van der Waals surface area contributed by atoms with Crippen LogP contribution in [0.4, 0.5) is 10.2 Å². The summed E-state index contributed by atoms with van der Waals surface area (Å²) < 4.78 is 14.3. The van der Waals surface area contributed by atoms with Gasteiger partial charge in [0.05, 0.1) is 5.56 Å². The number of anilines is 1. The first kappa shape index (κ1) is 14.8. The molecule has 1 aliphatic heterocycles. The van der Waals surface area contributed by atoms with E-state index in [0.717, 1.165) is 45.2 Å². The number of rotatable bonds is 4. The molecule has 0 spiro atoms. The quantitative estimate of drug-likeness (QED) is 0.921. The Morgan fingerprint density at radius 3 is 2.70 bits per heavy atom. The van der Waals surface area contributed by atoms with E-state index >= 15 is 0 Å². The fraction of sp³-hybridized carbons (Fsp3) is 0.600. The van der Waals surface area contributed by atoms with Crippen LogP contribution in [-0.2, 0) is 0 Å². The number of carbonyl (C=O) groups excluding carboxylic acids is 1. The standard InChI is InChI=1S/C15H22FN3O/c1-2-8-17-14-13(16)12(7-9-18-14)15(20)19-10-5-3-4-6-11-19/h7,9H,2-6,8,10-11H2,1H3,(H,17,18). The smallest absolute Gasteiger partial charge is 0.257 e. The summed E-state index contributed by atoms with van der Waals surface area (Å²) in [7, 11) is 0. The molecule has 1 amide bonds. The van der Waals surface area contributed by atoms with Gasteiger partial charge in [0.15, 0.2) is 11.6 Å². The van der Waals surface area contributed by atoms with Crippen LogP contribution in [0.1, 0.15) is 49.4 Å². The van der Waals surface area contributed by atoms with Gasteiger partial charge < -0.3 is 10.2 Å². The molecule has 0 aliphatic carbocycles. The molecule has 1 aromatic heterocycles. The number of likely N-dealkylation sites (tertiary alicyclic amines) is 1. The van der Waals surface area contributed by atoms with Crippen molar-refractivity contribution in [1.82, 2.24) is 9.88 Å². The van der Waals surface area contributed by atoms with Gasteiger partial charge in [-0.1, -0.05) is 19.8 Å². The maximum atomic E-state index is 14.3. The van der Waals surface area contributed by atoms with Crippen molar-refractivity contribution in [2.45, 2.75) is 39.0 Å². The Labute approximate surface area is 119 Å². The number of halogens is 1. The van der Waals surface area contributed by atoms with Crippen LogP contribution in [0.3, 0.4) is 0 Å². The Hall–Kier alpha value is -1.65. The number of hydrogen-bond acceptors (Lipinski definition) is 3. The lowest BCUT2D eigenvalue weighted by atomic mass is 10.2. The topological polar surface area (TPSA) is 45.2 Å². The number of hydrogen-bond donors (Lipinski definition) is 1. The number of amides is 1. The molecule has 0 radical (unpaired) electrons. The zero-order valence-electron chi connectivity index (χ0n) is 12.0. The summed E-state index contributed by atoms with van der Waals surface area (Å²) in [4.78, 5) is 18.2. The molecule has 1 aliphatic rings. The van der Waals surface area contributed by atoms with E-state index in [2.05, 4.69) is 10.3 Å². The maximum absolute atomic E-state index is 14.3. The monoisotopic (exact) mass is 279 g/mol. The van der Waals surface area contributed by atoms with Crippen molar-refractivity contribution in [3.8, 4) is 0 Å². The highest BCUT2D eigenvalue weighted by molar-refractivity contribution is 5.95. The van der Waals surface area contributed by atoms with Crippen LogP contribution in [-0.4, -0.2) is 35.4 Å². The molecular formula is C15H22FN3O. The Balaban J connectivity index is 2.16. The van der Waals surface area contributed by atoms with Crippen LogP contribution in [0, 0.1) is 5.82 Å². The minimum Gasteiger partial charge on any atom is -0.368 e. The second kappa shape index (κ2) is 7.22. The van der Waals surface area contributed by atoms with Gasteiger partial charge in [-0.25, -0.2) is 9.37 Å². The van der Waals surface area contributed by atoms with E-state index in [1.807, 2.05) is 6.92 Å². The molecule has 4 nitrogen and oxygen atoms in total. The van der Waals surface area contributed by atoms with Crippen molar-refractivity contribution in [3.63, 3.8) is 0 Å². The van der Waals surface area contributed by atoms with E-state index in [1.54, 1.807) is 4.90 Å². The predicted octanol–water partition coefficient (Wildman–Crippen LogP) is 3.06. The van der Waals surface area contributed by atoms with Crippen LogP contribution >= 0.6 is 0 Å². The number of aromatic nitrogens is 1. The third kappa shape index (κ3) is 3.46. The van der Waals surface area contributed by atoms with E-state index in [0.29, 0.717) is 6.54 Å². The van der Waals surface area contributed by atoms with Crippen LogP contribution in [0.15, 0.2) is 12.3 Å². The van der Waals surface area contributed by atoms with Gasteiger partial charge >= 0.3 is 0 Å². The highest BCUT2D eigenvalue weighted by Crippen LogP contribution is 2.19. The summed E-state index contributed by atoms with van der Waals surface area (Å²) in [5.41, 5.74) is 0.125. The van der Waals surface area contributed by atoms with Crippen molar-refractivity contribution in [1.29, 1.82) is 0 Å². The highest BCUT2D eigenvalue weighted by Gasteiger charge is 2.22. The molecule has 1 aromatic rings. The van der Waals surface area contributed by atoms with Gasteiger partial charge in [-0.3, -0.25) is 4.79 Å². The first-order chi connectivity index (χ1) is 9.74. The number of nitrogens with zero attached hydrogens (tertiary/aromatic N) is 2. The lowest BCUT2D eigenvalue weighted by molar-refractivity contribution is 0.0757. The maximum Gasteiger partial charge on any atom is 0.257 e. The zero-order valence-corrected chi connectivity index (χ0v) is 12.0. The van der Waals surface area contributed by atoms with Crippen LogP contribution in [0.5, 0.6) is 0 Å². The molecule has 1 N–H and O–H groups in total. The van der Waals surface area contributed by atoms with Gasteiger partial charge in [-0.2, -0.15) is 0 Å². The van der Waals surface area contributed by atoms with Crippen LogP contribution in [0.2, 0.25) is 0 Å². The Morgan fingerprint density at radius 1 is 1.35 bits per heavy atom. The summed E-state index contributed by atoms with van der Waals surface area (Å²) >= 11 is 0. The summed E-state index contributed by atoms with van der Waals surface area (Å²) in [6.07, 6.45) is 6.66. The highest BCUT2D eigenvalue weighted by atomic mass is 19.1. The largest absolute Gasteiger partial charge is 0.368 e. The predicted molar refractivity (Wildman–Crippen MR) is 77.3 cm³/mol. The molecule has 0 unspecified atom stereocenters. The molecular weight excluding hydrogens is 257 g/mol. The molecule has 2 rings (SSSR count). The van der Waals surface area contributed by atoms with Crippen molar-refractivity contribution in [2.75, 3.05) is 25.0 Å². The Kier molecular flexibility index (Phi) is 5.32. The van der Waals surface area contributed by atoms with Gasteiger partial charge in [-0.05, 0) is 25.3 Å². The Morgan fingerprint density at radius 2 is 2.05 bits per heavy atom. The van der Waals surface area contributed by atoms with Gasteiger partial charge in [-0.15, -0.1) is 0 Å². The molecule has 110 valence electrons. The number of nitrogens with one attached hydrogen (secondary N) is 1. The lowest BCUT2D eigenvalue weighted by Crippen LogP contribution is -2.32. The average molecular weight is 279 g/mol. The van der Waals surface area contributed by atoms with E-state index in [4.69, 9.17) is 0 Å². The fourth-order valence-electron chi connectivity index (χ4n) is 2.42. The molecule has 0 atom stereocenters. The molecule has 5 heteroatoms. The molecule has 20 heavy (non-hydrogen) atoms. The van der Waals surface area contributed by atoms with Crippen molar-refractivity contribution in [3.05, 3.63) is 23.6 Å². The summed E-state index contributed by atoms with van der Waals surface area (Å²) in [6, 6.07) is 1.47. The van der Waals surface area contributed by atoms with Crippen molar-refractivity contribution >= 4 is 11.7 Å². The third-order valence-electron chi connectivity index (χ3n) is 3.56. The van der Waals surface area contributed by atoms with Crippen LogP contribution in [0.25, 0.3) is 0 Å². The van der Waals surface area contributed by atoms with Gasteiger partial charge in [0, 0.05) is 25.8 Å². The molecule has 0 aromatic carbocycles. The third-order valence-corrected chi connectivity index (χ3v) is 3.56. The summed E-state index contributed by atoms with van der Waals surface area (Å²) in [5, 5.41) is 2.92. The molecule has 0 bridgehead atoms. The first-order valence-corrected chi connectivity index (χ1v) is 7.41. The Bertz CT molecular complexity index is 456. The lowest BCUT2D eigenvalue weighted by Gasteiger charge is -2.21. The summed E-state index contributed by atoms with van der Waals surface area (Å²) in [6.45, 7) is 4.08. The number of carbonyl (C=O) groups is 1. The first-order valence-electron chi connectivity index (χ1n) is 7.41. The van der Waals surface area contributed by atoms with E-state index in [1.165, 1.54) is 12.3 Å². The second-order valence-electron chi connectivity index (χ2n) is 5.15. The minimum atomic E-state index is -0.532. The zero-order chi connectivity index (χ0) is 14.4. The molecule has 2 heterocycles. The molecule has 0 saturated carbocycles. The SMILES string of the molecule is CCCNc1nccc(C(=O)N2CCCCCC2)c1F.